The first-order valence-electron chi connectivity index (χ1n) is 4.54. The Hall–Kier alpha value is -1.36. The topological polar surface area (TPSA) is 81.2 Å². The van der Waals surface area contributed by atoms with Crippen molar-refractivity contribution in [3.05, 3.63) is 18.0 Å². The van der Waals surface area contributed by atoms with Gasteiger partial charge in [-0.1, -0.05) is 19.0 Å². The maximum absolute atomic E-state index is 11.4. The van der Waals surface area contributed by atoms with Crippen LogP contribution in [0.1, 0.15) is 19.6 Å². The number of aromatic nitrogens is 1. The molecule has 0 bridgehead atoms. The maximum atomic E-state index is 11.4. The van der Waals surface area contributed by atoms with Gasteiger partial charge in [0.15, 0.2) is 5.76 Å². The fraction of sp³-hybridized carbons (Fsp3) is 0.556. The molecule has 78 valence electrons. The van der Waals surface area contributed by atoms with E-state index in [2.05, 4.69) is 10.5 Å². The van der Waals surface area contributed by atoms with Crippen LogP contribution >= 0.6 is 0 Å². The molecule has 1 aromatic heterocycles. The van der Waals surface area contributed by atoms with Crippen molar-refractivity contribution in [2.24, 2.45) is 11.7 Å². The summed E-state index contributed by atoms with van der Waals surface area (Å²) in [7, 11) is 0. The first-order valence-corrected chi connectivity index (χ1v) is 4.54. The van der Waals surface area contributed by atoms with Gasteiger partial charge in [-0.2, -0.15) is 0 Å². The lowest BCUT2D eigenvalue weighted by atomic mass is 10.1. The largest absolute Gasteiger partial charge is 0.360 e. The molecule has 1 atom stereocenters. The molecule has 1 amide bonds. The summed E-state index contributed by atoms with van der Waals surface area (Å²) < 4.78 is 4.82. The monoisotopic (exact) mass is 197 g/mol. The molecule has 0 saturated heterocycles. The van der Waals surface area contributed by atoms with Gasteiger partial charge in [0.2, 0.25) is 5.91 Å². The lowest BCUT2D eigenvalue weighted by molar-refractivity contribution is -0.123. The molecule has 5 nitrogen and oxygen atoms in total. The molecule has 5 heteroatoms. The summed E-state index contributed by atoms with van der Waals surface area (Å²) in [5.74, 6) is 0.579. The quantitative estimate of drug-likeness (QED) is 0.726. The third-order valence-corrected chi connectivity index (χ3v) is 1.95. The predicted molar refractivity (Wildman–Crippen MR) is 51.2 cm³/mol. The van der Waals surface area contributed by atoms with Gasteiger partial charge in [0, 0.05) is 6.07 Å². The summed E-state index contributed by atoms with van der Waals surface area (Å²) in [6.45, 7) is 4.14. The van der Waals surface area contributed by atoms with Crippen LogP contribution in [0.2, 0.25) is 0 Å². The number of rotatable bonds is 4. The molecule has 0 radical (unpaired) electrons. The average molecular weight is 197 g/mol. The van der Waals surface area contributed by atoms with Crippen LogP contribution in [-0.4, -0.2) is 17.1 Å². The Kier molecular flexibility index (Phi) is 3.64. The maximum Gasteiger partial charge on any atom is 0.237 e. The molecule has 0 aliphatic heterocycles. The number of carbonyl (C=O) groups is 1. The molecule has 0 aliphatic carbocycles. The van der Waals surface area contributed by atoms with Gasteiger partial charge in [-0.05, 0) is 5.92 Å². The SMILES string of the molecule is CC(C)[C@H](N)C(=O)NCc1ccno1. The zero-order chi connectivity index (χ0) is 10.6. The summed E-state index contributed by atoms with van der Waals surface area (Å²) in [5, 5.41) is 6.19. The van der Waals surface area contributed by atoms with Crippen molar-refractivity contribution in [2.45, 2.75) is 26.4 Å². The van der Waals surface area contributed by atoms with E-state index in [-0.39, 0.29) is 11.8 Å². The van der Waals surface area contributed by atoms with Crippen LogP contribution in [0.4, 0.5) is 0 Å². The molecule has 0 fully saturated rings. The highest BCUT2D eigenvalue weighted by atomic mass is 16.5. The van der Waals surface area contributed by atoms with Crippen molar-refractivity contribution in [1.29, 1.82) is 0 Å². The third kappa shape index (κ3) is 2.85. The van der Waals surface area contributed by atoms with Crippen LogP contribution in [0.3, 0.4) is 0 Å². The number of nitrogens with one attached hydrogen (secondary N) is 1. The molecule has 0 saturated carbocycles. The van der Waals surface area contributed by atoms with Gasteiger partial charge in [0.05, 0.1) is 18.8 Å². The molecule has 1 rings (SSSR count). The van der Waals surface area contributed by atoms with E-state index >= 15 is 0 Å². The molecule has 0 aliphatic rings. The molecule has 0 aromatic carbocycles. The Morgan fingerprint density at radius 3 is 2.93 bits per heavy atom. The Bertz CT molecular complexity index is 282. The van der Waals surface area contributed by atoms with E-state index in [4.69, 9.17) is 10.3 Å². The molecule has 3 N–H and O–H groups in total. The van der Waals surface area contributed by atoms with Crippen molar-refractivity contribution in [3.8, 4) is 0 Å². The van der Waals surface area contributed by atoms with E-state index in [0.29, 0.717) is 12.3 Å². The van der Waals surface area contributed by atoms with Crippen LogP contribution < -0.4 is 11.1 Å². The standard InChI is InChI=1S/C9H15N3O2/c1-6(2)8(10)9(13)11-5-7-3-4-12-14-7/h3-4,6,8H,5,10H2,1-2H3,(H,11,13)/t8-/m0/s1. The number of hydrogen-bond donors (Lipinski definition) is 2. The van der Waals surface area contributed by atoms with Crippen molar-refractivity contribution < 1.29 is 9.32 Å². The lowest BCUT2D eigenvalue weighted by Gasteiger charge is -2.14. The molecule has 0 spiro atoms. The van der Waals surface area contributed by atoms with Crippen LogP contribution in [0, 0.1) is 5.92 Å². The van der Waals surface area contributed by atoms with E-state index in [1.54, 1.807) is 6.07 Å². The second-order valence-electron chi connectivity index (χ2n) is 3.47. The van der Waals surface area contributed by atoms with Crippen molar-refractivity contribution >= 4 is 5.91 Å². The predicted octanol–water partition coefficient (Wildman–Crippen LogP) is 0.274. The highest BCUT2D eigenvalue weighted by Gasteiger charge is 2.16. The molecule has 1 aromatic rings. The first-order chi connectivity index (χ1) is 6.61. The lowest BCUT2D eigenvalue weighted by Crippen LogP contribution is -2.43. The highest BCUT2D eigenvalue weighted by molar-refractivity contribution is 5.81. The Labute approximate surface area is 82.6 Å². The number of nitrogens with zero attached hydrogens (tertiary/aromatic N) is 1. The molecular formula is C9H15N3O2. The fourth-order valence-corrected chi connectivity index (χ4v) is 0.928. The van der Waals surface area contributed by atoms with E-state index < -0.39 is 6.04 Å². The zero-order valence-electron chi connectivity index (χ0n) is 8.36. The Morgan fingerprint density at radius 2 is 2.43 bits per heavy atom. The third-order valence-electron chi connectivity index (χ3n) is 1.95. The minimum absolute atomic E-state index is 0.129. The van der Waals surface area contributed by atoms with E-state index in [1.807, 2.05) is 13.8 Å². The van der Waals surface area contributed by atoms with E-state index in [1.165, 1.54) is 6.20 Å². The summed E-state index contributed by atoms with van der Waals surface area (Å²) >= 11 is 0. The van der Waals surface area contributed by atoms with Crippen molar-refractivity contribution in [2.75, 3.05) is 0 Å². The van der Waals surface area contributed by atoms with Gasteiger partial charge in [-0.3, -0.25) is 4.79 Å². The zero-order valence-corrected chi connectivity index (χ0v) is 8.36. The fourth-order valence-electron chi connectivity index (χ4n) is 0.928. The highest BCUT2D eigenvalue weighted by Crippen LogP contribution is 1.99. The van der Waals surface area contributed by atoms with Gasteiger partial charge >= 0.3 is 0 Å². The first kappa shape index (κ1) is 10.7. The smallest absolute Gasteiger partial charge is 0.237 e. The van der Waals surface area contributed by atoms with Crippen molar-refractivity contribution in [1.82, 2.24) is 10.5 Å². The molecule has 1 heterocycles. The average Bonchev–Trinajstić information content (AvgIpc) is 2.65. The van der Waals surface area contributed by atoms with Crippen molar-refractivity contribution in [3.63, 3.8) is 0 Å². The van der Waals surface area contributed by atoms with Crippen LogP contribution in [0.15, 0.2) is 16.8 Å². The van der Waals surface area contributed by atoms with Gasteiger partial charge in [-0.25, -0.2) is 0 Å². The summed E-state index contributed by atoms with van der Waals surface area (Å²) in [6.07, 6.45) is 1.53. The minimum atomic E-state index is -0.474. The Balaban J connectivity index is 2.35. The van der Waals surface area contributed by atoms with Crippen LogP contribution in [0.5, 0.6) is 0 Å². The second kappa shape index (κ2) is 4.76. The summed E-state index contributed by atoms with van der Waals surface area (Å²) in [5.41, 5.74) is 5.64. The minimum Gasteiger partial charge on any atom is -0.360 e. The number of carbonyl (C=O) groups excluding carboxylic acids is 1. The second-order valence-corrected chi connectivity index (χ2v) is 3.47. The van der Waals surface area contributed by atoms with E-state index in [9.17, 15) is 4.79 Å². The number of amides is 1. The Morgan fingerprint density at radius 1 is 1.71 bits per heavy atom. The van der Waals surface area contributed by atoms with Gasteiger partial charge in [0.1, 0.15) is 0 Å². The number of nitrogens with two attached hydrogens (primary N) is 1. The number of hydrogen-bond acceptors (Lipinski definition) is 4. The molecular weight excluding hydrogens is 182 g/mol. The van der Waals surface area contributed by atoms with Gasteiger partial charge in [0.25, 0.3) is 0 Å². The summed E-state index contributed by atoms with van der Waals surface area (Å²) in [4.78, 5) is 11.4. The summed E-state index contributed by atoms with van der Waals surface area (Å²) in [6, 6.07) is 1.22. The normalized spacial score (nSPS) is 12.9. The van der Waals surface area contributed by atoms with Crippen LogP contribution in [0.25, 0.3) is 0 Å². The van der Waals surface area contributed by atoms with Crippen LogP contribution in [-0.2, 0) is 11.3 Å². The van der Waals surface area contributed by atoms with E-state index in [0.717, 1.165) is 0 Å². The van der Waals surface area contributed by atoms with Gasteiger partial charge < -0.3 is 15.6 Å². The van der Waals surface area contributed by atoms with Gasteiger partial charge in [-0.15, -0.1) is 0 Å². The molecule has 14 heavy (non-hydrogen) atoms. The molecule has 0 unspecified atom stereocenters.